The van der Waals surface area contributed by atoms with Crippen molar-refractivity contribution >= 4 is 34.4 Å². The van der Waals surface area contributed by atoms with E-state index in [1.807, 2.05) is 11.3 Å². The number of fused-ring (bicyclic) bond motifs is 2. The van der Waals surface area contributed by atoms with E-state index in [-0.39, 0.29) is 0 Å². The van der Waals surface area contributed by atoms with Crippen molar-refractivity contribution in [2.45, 2.75) is 57.3 Å². The van der Waals surface area contributed by atoms with E-state index < -0.39 is 0 Å². The molecular weight excluding hydrogens is 346 g/mol. The molecule has 4 rings (SSSR count). The number of thiocarbonyl (C=S) groups is 1. The van der Waals surface area contributed by atoms with Crippen LogP contribution in [-0.4, -0.2) is 28.1 Å². The number of hydrogen-bond acceptors (Lipinski definition) is 3. The van der Waals surface area contributed by atoms with Crippen molar-refractivity contribution in [3.63, 3.8) is 0 Å². The maximum Gasteiger partial charge on any atom is 0.170 e. The van der Waals surface area contributed by atoms with Crippen LogP contribution < -0.4 is 10.6 Å². The van der Waals surface area contributed by atoms with Crippen LogP contribution >= 0.6 is 23.6 Å². The summed E-state index contributed by atoms with van der Waals surface area (Å²) in [6.07, 6.45) is 5.04. The molecule has 1 unspecified atom stereocenters. The zero-order chi connectivity index (χ0) is 17.2. The number of anilines is 1. The van der Waals surface area contributed by atoms with Gasteiger partial charge in [-0.05, 0) is 74.0 Å². The standard InChI is InChI=1S/C20H25N3S2/c1-14-4-2-5-15(10-14)21-20(24)22-16-11-17-7-8-18(12-16)23(17)13-19-6-3-9-25-19/h2-6,9-10,16-18H,7-8,11-13H2,1H3,(H2,21,22,24)/t16?,17-,18+. The molecule has 0 aliphatic carbocycles. The molecule has 2 N–H and O–H groups in total. The van der Waals surface area contributed by atoms with Gasteiger partial charge in [-0.3, -0.25) is 4.90 Å². The fraction of sp³-hybridized carbons (Fsp3) is 0.450. The van der Waals surface area contributed by atoms with Crippen LogP contribution in [0.1, 0.15) is 36.1 Å². The first-order valence-corrected chi connectivity index (χ1v) is 10.4. The number of piperidine rings is 1. The molecule has 132 valence electrons. The normalized spacial score (nSPS) is 25.7. The minimum absolute atomic E-state index is 0.488. The molecule has 0 saturated carbocycles. The number of aryl methyl sites for hydroxylation is 1. The van der Waals surface area contributed by atoms with Crippen molar-refractivity contribution in [1.29, 1.82) is 0 Å². The number of hydrogen-bond donors (Lipinski definition) is 2. The third-order valence-electron chi connectivity index (χ3n) is 5.41. The first kappa shape index (κ1) is 17.0. The van der Waals surface area contributed by atoms with Crippen LogP contribution in [0.3, 0.4) is 0 Å². The Morgan fingerprint density at radius 2 is 2.00 bits per heavy atom. The maximum absolute atomic E-state index is 5.55. The number of thiophene rings is 1. The molecule has 3 nitrogen and oxygen atoms in total. The Balaban J connectivity index is 1.32. The summed E-state index contributed by atoms with van der Waals surface area (Å²) < 4.78 is 0. The third kappa shape index (κ3) is 4.05. The lowest BCUT2D eigenvalue weighted by Crippen LogP contribution is -2.50. The first-order chi connectivity index (χ1) is 12.2. The van der Waals surface area contributed by atoms with E-state index in [1.165, 1.54) is 36.1 Å². The lowest BCUT2D eigenvalue weighted by atomic mass is 9.97. The number of nitrogens with zero attached hydrogens (tertiary/aromatic N) is 1. The van der Waals surface area contributed by atoms with Crippen molar-refractivity contribution in [3.05, 3.63) is 52.2 Å². The highest BCUT2D eigenvalue weighted by molar-refractivity contribution is 7.80. The number of nitrogens with one attached hydrogen (secondary N) is 2. The number of rotatable bonds is 4. The lowest BCUT2D eigenvalue weighted by Gasteiger charge is -2.39. The molecule has 0 radical (unpaired) electrons. The van der Waals surface area contributed by atoms with Crippen molar-refractivity contribution in [1.82, 2.24) is 10.2 Å². The smallest absolute Gasteiger partial charge is 0.170 e. The highest BCUT2D eigenvalue weighted by atomic mass is 32.1. The van der Waals surface area contributed by atoms with Crippen LogP contribution in [0.25, 0.3) is 0 Å². The van der Waals surface area contributed by atoms with Crippen LogP contribution in [0.15, 0.2) is 41.8 Å². The van der Waals surface area contributed by atoms with Gasteiger partial charge in [-0.1, -0.05) is 18.2 Å². The molecule has 2 aromatic rings. The molecule has 1 aromatic heterocycles. The van der Waals surface area contributed by atoms with Crippen molar-refractivity contribution in [2.75, 3.05) is 5.32 Å². The van der Waals surface area contributed by atoms with Gasteiger partial charge in [0.05, 0.1) is 0 Å². The molecule has 2 saturated heterocycles. The Kier molecular flexibility index (Phi) is 5.06. The summed E-state index contributed by atoms with van der Waals surface area (Å²) in [4.78, 5) is 4.21. The summed E-state index contributed by atoms with van der Waals surface area (Å²) in [6, 6.07) is 14.6. The summed E-state index contributed by atoms with van der Waals surface area (Å²) in [5.74, 6) is 0. The number of benzene rings is 1. The van der Waals surface area contributed by atoms with E-state index in [0.29, 0.717) is 18.1 Å². The van der Waals surface area contributed by atoms with Gasteiger partial charge in [0.15, 0.2) is 5.11 Å². The molecule has 0 spiro atoms. The van der Waals surface area contributed by atoms with E-state index in [9.17, 15) is 0 Å². The fourth-order valence-electron chi connectivity index (χ4n) is 4.31. The molecule has 1 aromatic carbocycles. The van der Waals surface area contributed by atoms with E-state index in [0.717, 1.165) is 17.3 Å². The zero-order valence-corrected chi connectivity index (χ0v) is 16.2. The van der Waals surface area contributed by atoms with Crippen LogP contribution in [0.4, 0.5) is 5.69 Å². The second kappa shape index (κ2) is 7.44. The molecule has 3 heterocycles. The van der Waals surface area contributed by atoms with Gasteiger partial charge in [-0.15, -0.1) is 11.3 Å². The van der Waals surface area contributed by atoms with Gasteiger partial charge in [0.2, 0.25) is 0 Å². The van der Waals surface area contributed by atoms with Crippen LogP contribution in [0, 0.1) is 6.92 Å². The van der Waals surface area contributed by atoms with Crippen LogP contribution in [-0.2, 0) is 6.54 Å². The average molecular weight is 372 g/mol. The Morgan fingerprint density at radius 1 is 1.20 bits per heavy atom. The molecule has 3 atom stereocenters. The molecule has 0 amide bonds. The van der Waals surface area contributed by atoms with Gasteiger partial charge >= 0.3 is 0 Å². The van der Waals surface area contributed by atoms with E-state index in [1.54, 1.807) is 0 Å². The van der Waals surface area contributed by atoms with Gasteiger partial charge in [-0.25, -0.2) is 0 Å². The van der Waals surface area contributed by atoms with Crippen molar-refractivity contribution in [3.8, 4) is 0 Å². The predicted molar refractivity (Wildman–Crippen MR) is 110 cm³/mol. The summed E-state index contributed by atoms with van der Waals surface area (Å²) in [5.41, 5.74) is 2.31. The molecule has 25 heavy (non-hydrogen) atoms. The summed E-state index contributed by atoms with van der Waals surface area (Å²) in [5, 5.41) is 9.83. The average Bonchev–Trinajstić information content (AvgIpc) is 3.15. The Hall–Kier alpha value is -1.43. The molecule has 2 aliphatic heterocycles. The molecule has 2 aliphatic rings. The summed E-state index contributed by atoms with van der Waals surface area (Å²) in [7, 11) is 0. The topological polar surface area (TPSA) is 27.3 Å². The maximum atomic E-state index is 5.55. The molecule has 5 heteroatoms. The second-order valence-corrected chi connectivity index (χ2v) is 8.71. The van der Waals surface area contributed by atoms with E-state index in [4.69, 9.17) is 12.2 Å². The van der Waals surface area contributed by atoms with Crippen molar-refractivity contribution < 1.29 is 0 Å². The highest BCUT2D eigenvalue weighted by Crippen LogP contribution is 2.37. The minimum Gasteiger partial charge on any atom is -0.360 e. The molecule has 2 fully saturated rings. The highest BCUT2D eigenvalue weighted by Gasteiger charge is 2.40. The quantitative estimate of drug-likeness (QED) is 0.772. The molecule has 2 bridgehead atoms. The predicted octanol–water partition coefficient (Wildman–Crippen LogP) is 4.54. The van der Waals surface area contributed by atoms with E-state index in [2.05, 4.69) is 64.2 Å². The largest absolute Gasteiger partial charge is 0.360 e. The van der Waals surface area contributed by atoms with Crippen LogP contribution in [0.2, 0.25) is 0 Å². The van der Waals surface area contributed by atoms with Gasteiger partial charge in [-0.2, -0.15) is 0 Å². The van der Waals surface area contributed by atoms with E-state index >= 15 is 0 Å². The van der Waals surface area contributed by atoms with Crippen LogP contribution in [0.5, 0.6) is 0 Å². The summed E-state index contributed by atoms with van der Waals surface area (Å²) in [6.45, 7) is 3.22. The Bertz CT molecular complexity index is 714. The third-order valence-corrected chi connectivity index (χ3v) is 6.50. The SMILES string of the molecule is Cc1cccc(NC(=S)NC2C[C@H]3CC[C@@H](C2)N3Cc2cccs2)c1. The minimum atomic E-state index is 0.488. The Morgan fingerprint density at radius 3 is 2.68 bits per heavy atom. The fourth-order valence-corrected chi connectivity index (χ4v) is 5.31. The second-order valence-electron chi connectivity index (χ2n) is 7.27. The van der Waals surface area contributed by atoms with Crippen molar-refractivity contribution in [2.24, 2.45) is 0 Å². The van der Waals surface area contributed by atoms with Gasteiger partial charge in [0, 0.05) is 35.2 Å². The van der Waals surface area contributed by atoms with Gasteiger partial charge in [0.25, 0.3) is 0 Å². The lowest BCUT2D eigenvalue weighted by molar-refractivity contribution is 0.116. The monoisotopic (exact) mass is 371 g/mol. The summed E-state index contributed by atoms with van der Waals surface area (Å²) >= 11 is 7.42. The Labute approximate surface area is 159 Å². The van der Waals surface area contributed by atoms with Gasteiger partial charge < -0.3 is 10.6 Å². The zero-order valence-electron chi connectivity index (χ0n) is 14.6. The van der Waals surface area contributed by atoms with Gasteiger partial charge in [0.1, 0.15) is 0 Å². The molecular formula is C20H25N3S2. The first-order valence-electron chi connectivity index (χ1n) is 9.10.